The number of furan rings is 1. The number of hydrogen-bond donors (Lipinski definition) is 1. The van der Waals surface area contributed by atoms with Crippen molar-refractivity contribution in [1.82, 2.24) is 10.1 Å². The van der Waals surface area contributed by atoms with Crippen LogP contribution in [0.2, 0.25) is 0 Å². The zero-order chi connectivity index (χ0) is 12.5. The molecule has 0 saturated carbocycles. The summed E-state index contributed by atoms with van der Waals surface area (Å²) in [5.41, 5.74) is 6.51. The minimum absolute atomic E-state index is 0.484. The molecule has 0 atom stereocenters. The summed E-state index contributed by atoms with van der Waals surface area (Å²) in [7, 11) is 0. The van der Waals surface area contributed by atoms with E-state index in [2.05, 4.69) is 10.1 Å². The molecule has 2 N–H and O–H groups in total. The van der Waals surface area contributed by atoms with Crippen LogP contribution in [0.5, 0.6) is 0 Å². The molecule has 0 aromatic carbocycles. The fourth-order valence-corrected chi connectivity index (χ4v) is 1.70. The predicted molar refractivity (Wildman–Crippen MR) is 63.2 cm³/mol. The lowest BCUT2D eigenvalue weighted by Crippen LogP contribution is -2.35. The van der Waals surface area contributed by atoms with Crippen LogP contribution in [0.15, 0.2) is 21.3 Å². The van der Waals surface area contributed by atoms with E-state index in [1.54, 1.807) is 6.26 Å². The van der Waals surface area contributed by atoms with Crippen molar-refractivity contribution in [3.8, 4) is 11.4 Å². The zero-order valence-electron chi connectivity index (χ0n) is 10.4. The first kappa shape index (κ1) is 11.9. The highest BCUT2D eigenvalue weighted by Gasteiger charge is 2.30. The summed E-state index contributed by atoms with van der Waals surface area (Å²) in [4.78, 5) is 4.36. The third kappa shape index (κ3) is 1.98. The van der Waals surface area contributed by atoms with Gasteiger partial charge in [0.05, 0.1) is 17.4 Å². The van der Waals surface area contributed by atoms with Gasteiger partial charge < -0.3 is 14.7 Å². The molecule has 0 amide bonds. The number of aryl methyl sites for hydroxylation is 1. The van der Waals surface area contributed by atoms with Gasteiger partial charge in [0, 0.05) is 0 Å². The molecule has 0 radical (unpaired) electrons. The van der Waals surface area contributed by atoms with Crippen molar-refractivity contribution < 1.29 is 8.94 Å². The molecule has 2 heterocycles. The van der Waals surface area contributed by atoms with Crippen LogP contribution in [0.1, 0.15) is 38.3 Å². The second kappa shape index (κ2) is 4.33. The number of nitrogens with zero attached hydrogens (tertiary/aromatic N) is 2. The van der Waals surface area contributed by atoms with Crippen molar-refractivity contribution in [2.24, 2.45) is 5.73 Å². The summed E-state index contributed by atoms with van der Waals surface area (Å²) in [6, 6.07) is 1.82. The van der Waals surface area contributed by atoms with Gasteiger partial charge in [0.2, 0.25) is 11.7 Å². The van der Waals surface area contributed by atoms with E-state index in [1.165, 1.54) is 0 Å². The standard InChI is InChI=1S/C12H17N3O2/c1-4-12(13,5-2)11-14-10(15-17-11)9-6-7-16-8(9)3/h6-7H,4-5,13H2,1-3H3. The van der Waals surface area contributed by atoms with Gasteiger partial charge in [-0.1, -0.05) is 19.0 Å². The molecule has 0 aliphatic carbocycles. The molecular formula is C12H17N3O2. The van der Waals surface area contributed by atoms with Crippen molar-refractivity contribution in [3.05, 3.63) is 24.0 Å². The lowest BCUT2D eigenvalue weighted by atomic mass is 9.94. The number of aromatic nitrogens is 2. The summed E-state index contributed by atoms with van der Waals surface area (Å²) in [5.74, 6) is 1.79. The van der Waals surface area contributed by atoms with E-state index >= 15 is 0 Å². The Hall–Kier alpha value is -1.62. The molecule has 0 aliphatic rings. The first-order valence-corrected chi connectivity index (χ1v) is 5.78. The fourth-order valence-electron chi connectivity index (χ4n) is 1.70. The molecule has 2 aromatic rings. The van der Waals surface area contributed by atoms with Gasteiger partial charge in [-0.25, -0.2) is 0 Å². The summed E-state index contributed by atoms with van der Waals surface area (Å²) >= 11 is 0. The fraction of sp³-hybridized carbons (Fsp3) is 0.500. The molecule has 17 heavy (non-hydrogen) atoms. The van der Waals surface area contributed by atoms with Crippen molar-refractivity contribution in [1.29, 1.82) is 0 Å². The maximum atomic E-state index is 6.20. The van der Waals surface area contributed by atoms with Crippen LogP contribution in [-0.2, 0) is 5.54 Å². The van der Waals surface area contributed by atoms with Crippen molar-refractivity contribution in [2.75, 3.05) is 0 Å². The highest BCUT2D eigenvalue weighted by Crippen LogP contribution is 2.27. The van der Waals surface area contributed by atoms with E-state index in [-0.39, 0.29) is 0 Å². The minimum Gasteiger partial charge on any atom is -0.469 e. The van der Waals surface area contributed by atoms with Gasteiger partial charge in [0.1, 0.15) is 5.76 Å². The van der Waals surface area contributed by atoms with Crippen LogP contribution >= 0.6 is 0 Å². The van der Waals surface area contributed by atoms with Crippen molar-refractivity contribution in [2.45, 2.75) is 39.2 Å². The van der Waals surface area contributed by atoms with E-state index in [4.69, 9.17) is 14.7 Å². The molecule has 92 valence electrons. The van der Waals surface area contributed by atoms with Crippen LogP contribution < -0.4 is 5.73 Å². The quantitative estimate of drug-likeness (QED) is 0.881. The van der Waals surface area contributed by atoms with Crippen LogP contribution in [-0.4, -0.2) is 10.1 Å². The molecule has 2 rings (SSSR count). The molecule has 0 aliphatic heterocycles. The Morgan fingerprint density at radius 3 is 2.59 bits per heavy atom. The first-order chi connectivity index (χ1) is 8.10. The number of hydrogen-bond acceptors (Lipinski definition) is 5. The average Bonchev–Trinajstić information content (AvgIpc) is 2.96. The second-order valence-electron chi connectivity index (χ2n) is 4.18. The topological polar surface area (TPSA) is 78.1 Å². The van der Waals surface area contributed by atoms with Gasteiger partial charge >= 0.3 is 0 Å². The van der Waals surface area contributed by atoms with Gasteiger partial charge in [0.25, 0.3) is 0 Å². The third-order valence-corrected chi connectivity index (χ3v) is 3.21. The highest BCUT2D eigenvalue weighted by molar-refractivity contribution is 5.56. The van der Waals surface area contributed by atoms with Crippen LogP contribution in [0.4, 0.5) is 0 Å². The predicted octanol–water partition coefficient (Wildman–Crippen LogP) is 2.61. The molecule has 5 heteroatoms. The van der Waals surface area contributed by atoms with Crippen LogP contribution in [0, 0.1) is 6.92 Å². The normalized spacial score (nSPS) is 12.0. The Kier molecular flexibility index (Phi) is 3.02. The summed E-state index contributed by atoms with van der Waals surface area (Å²) in [5, 5.41) is 3.96. The van der Waals surface area contributed by atoms with Gasteiger partial charge in [0.15, 0.2) is 0 Å². The summed E-state index contributed by atoms with van der Waals surface area (Å²) < 4.78 is 10.5. The van der Waals surface area contributed by atoms with Crippen LogP contribution in [0.25, 0.3) is 11.4 Å². The Balaban J connectivity index is 2.37. The summed E-state index contributed by atoms with van der Waals surface area (Å²) in [6.07, 6.45) is 3.13. The van der Waals surface area contributed by atoms with E-state index in [0.29, 0.717) is 11.7 Å². The molecule has 2 aromatic heterocycles. The first-order valence-electron chi connectivity index (χ1n) is 5.78. The molecular weight excluding hydrogens is 218 g/mol. The summed E-state index contributed by atoms with van der Waals surface area (Å²) in [6.45, 7) is 5.88. The van der Waals surface area contributed by atoms with Gasteiger partial charge in [-0.3, -0.25) is 0 Å². The van der Waals surface area contributed by atoms with E-state index in [1.807, 2.05) is 26.8 Å². The number of rotatable bonds is 4. The lowest BCUT2D eigenvalue weighted by molar-refractivity contribution is 0.268. The second-order valence-corrected chi connectivity index (χ2v) is 4.18. The highest BCUT2D eigenvalue weighted by atomic mass is 16.5. The zero-order valence-corrected chi connectivity index (χ0v) is 10.4. The minimum atomic E-state index is -0.539. The molecule has 0 saturated heterocycles. The van der Waals surface area contributed by atoms with Crippen molar-refractivity contribution in [3.63, 3.8) is 0 Å². The Morgan fingerprint density at radius 2 is 2.06 bits per heavy atom. The van der Waals surface area contributed by atoms with Gasteiger partial charge in [-0.15, -0.1) is 0 Å². The Bertz CT molecular complexity index is 497. The monoisotopic (exact) mass is 235 g/mol. The number of nitrogens with two attached hydrogens (primary N) is 1. The smallest absolute Gasteiger partial charge is 0.247 e. The SMILES string of the molecule is CCC(N)(CC)c1nc(-c2ccoc2C)no1. The molecule has 0 spiro atoms. The molecule has 0 unspecified atom stereocenters. The van der Waals surface area contributed by atoms with E-state index in [9.17, 15) is 0 Å². The maximum Gasteiger partial charge on any atom is 0.247 e. The maximum absolute atomic E-state index is 6.20. The van der Waals surface area contributed by atoms with E-state index in [0.717, 1.165) is 24.2 Å². The molecule has 0 fully saturated rings. The Morgan fingerprint density at radius 1 is 1.35 bits per heavy atom. The average molecular weight is 235 g/mol. The third-order valence-electron chi connectivity index (χ3n) is 3.21. The van der Waals surface area contributed by atoms with Crippen molar-refractivity contribution >= 4 is 0 Å². The van der Waals surface area contributed by atoms with E-state index < -0.39 is 5.54 Å². The molecule has 0 bridgehead atoms. The lowest BCUT2D eigenvalue weighted by Gasteiger charge is -2.20. The van der Waals surface area contributed by atoms with Gasteiger partial charge in [-0.05, 0) is 25.8 Å². The van der Waals surface area contributed by atoms with Gasteiger partial charge in [-0.2, -0.15) is 4.98 Å². The Labute approximate surface area is 100.0 Å². The largest absolute Gasteiger partial charge is 0.469 e. The van der Waals surface area contributed by atoms with Crippen LogP contribution in [0.3, 0.4) is 0 Å². The molecule has 5 nitrogen and oxygen atoms in total.